The van der Waals surface area contributed by atoms with Crippen LogP contribution in [-0.2, 0) is 20.9 Å². The average molecular weight is 596 g/mol. The first kappa shape index (κ1) is 31.1. The van der Waals surface area contributed by atoms with Crippen molar-refractivity contribution in [1.82, 2.24) is 5.06 Å². The largest absolute Gasteiger partial charge is 0.528 e. The molecule has 1 aliphatic rings. The standard InChI is InChI=1S/C37H41NO6/c1-37(2,3)43-36(39)44-38-22-21-34(35(26-38)42-27-28-15-16-29-11-7-8-12-31(29)25-28)30-17-19-33(20-18-30)41-24-10-9-23-40-32-13-5-4-6-14-32/h4-20,25,34-35H,21-24,26-27H2,1-3H3/b10-9+. The average Bonchev–Trinajstić information content (AvgIpc) is 3.01. The maximum atomic E-state index is 12.4. The molecule has 0 aromatic heterocycles. The van der Waals surface area contributed by atoms with Gasteiger partial charge in [-0.05, 0) is 91.6 Å². The Kier molecular flexibility index (Phi) is 10.5. The van der Waals surface area contributed by atoms with Crippen molar-refractivity contribution < 1.29 is 28.6 Å². The van der Waals surface area contributed by atoms with E-state index in [0.717, 1.165) is 29.0 Å². The second kappa shape index (κ2) is 14.9. The van der Waals surface area contributed by atoms with Crippen molar-refractivity contribution in [2.24, 2.45) is 0 Å². The maximum absolute atomic E-state index is 12.4. The van der Waals surface area contributed by atoms with Crippen molar-refractivity contribution >= 4 is 16.9 Å². The molecule has 1 saturated heterocycles. The van der Waals surface area contributed by atoms with Crippen LogP contribution in [0.5, 0.6) is 11.5 Å². The predicted octanol–water partition coefficient (Wildman–Crippen LogP) is 8.10. The minimum atomic E-state index is -0.702. The third-order valence-corrected chi connectivity index (χ3v) is 7.30. The fourth-order valence-electron chi connectivity index (χ4n) is 5.18. The van der Waals surface area contributed by atoms with E-state index in [-0.39, 0.29) is 12.0 Å². The smallest absolute Gasteiger partial charge is 0.490 e. The topological polar surface area (TPSA) is 66.5 Å². The Balaban J connectivity index is 1.19. The molecule has 1 aliphatic heterocycles. The molecule has 7 heteroatoms. The van der Waals surface area contributed by atoms with Crippen LogP contribution in [0.3, 0.4) is 0 Å². The van der Waals surface area contributed by atoms with Crippen molar-refractivity contribution in [2.45, 2.75) is 51.4 Å². The van der Waals surface area contributed by atoms with Crippen LogP contribution in [0.2, 0.25) is 0 Å². The van der Waals surface area contributed by atoms with Gasteiger partial charge < -0.3 is 23.8 Å². The van der Waals surface area contributed by atoms with Crippen molar-refractivity contribution in [3.63, 3.8) is 0 Å². The van der Waals surface area contributed by atoms with Gasteiger partial charge in [-0.15, -0.1) is 5.06 Å². The van der Waals surface area contributed by atoms with Crippen molar-refractivity contribution in [3.8, 4) is 11.5 Å². The van der Waals surface area contributed by atoms with Crippen molar-refractivity contribution in [3.05, 3.63) is 120 Å². The molecular formula is C37H41NO6. The molecule has 1 heterocycles. The Morgan fingerprint density at radius 3 is 2.18 bits per heavy atom. The van der Waals surface area contributed by atoms with Crippen LogP contribution in [0.4, 0.5) is 4.79 Å². The zero-order chi connectivity index (χ0) is 30.8. The van der Waals surface area contributed by atoms with Gasteiger partial charge in [0.2, 0.25) is 0 Å². The van der Waals surface area contributed by atoms with E-state index in [0.29, 0.717) is 32.9 Å². The Bertz CT molecular complexity index is 1510. The second-order valence-electron chi connectivity index (χ2n) is 11.8. The van der Waals surface area contributed by atoms with E-state index in [9.17, 15) is 4.79 Å². The molecule has 5 rings (SSSR count). The molecule has 0 bridgehead atoms. The van der Waals surface area contributed by atoms with E-state index in [2.05, 4.69) is 42.5 Å². The van der Waals surface area contributed by atoms with Crippen molar-refractivity contribution in [1.29, 1.82) is 0 Å². The van der Waals surface area contributed by atoms with E-state index in [1.165, 1.54) is 10.8 Å². The van der Waals surface area contributed by atoms with Gasteiger partial charge in [-0.3, -0.25) is 0 Å². The molecule has 7 nitrogen and oxygen atoms in total. The van der Waals surface area contributed by atoms with Crippen LogP contribution in [0.1, 0.15) is 44.2 Å². The quantitative estimate of drug-likeness (QED) is 0.128. The number of hydrogen-bond acceptors (Lipinski definition) is 7. The highest BCUT2D eigenvalue weighted by Crippen LogP contribution is 2.33. The van der Waals surface area contributed by atoms with E-state index in [1.54, 1.807) is 5.06 Å². The number of nitrogens with zero attached hydrogens (tertiary/aromatic N) is 1. The van der Waals surface area contributed by atoms with Crippen LogP contribution in [0.15, 0.2) is 109 Å². The molecule has 0 radical (unpaired) electrons. The number of hydrogen-bond donors (Lipinski definition) is 0. The molecule has 0 saturated carbocycles. The summed E-state index contributed by atoms with van der Waals surface area (Å²) in [6.45, 7) is 7.87. The molecular weight excluding hydrogens is 554 g/mol. The summed E-state index contributed by atoms with van der Waals surface area (Å²) in [5.74, 6) is 1.76. The summed E-state index contributed by atoms with van der Waals surface area (Å²) in [7, 11) is 0. The number of ether oxygens (including phenoxy) is 4. The number of fused-ring (bicyclic) bond motifs is 1. The highest BCUT2D eigenvalue weighted by atomic mass is 16.8. The van der Waals surface area contributed by atoms with Gasteiger partial charge in [0.05, 0.1) is 19.3 Å². The van der Waals surface area contributed by atoms with E-state index < -0.39 is 11.8 Å². The summed E-state index contributed by atoms with van der Waals surface area (Å²) in [4.78, 5) is 17.9. The molecule has 0 amide bonds. The van der Waals surface area contributed by atoms with Gasteiger partial charge in [0, 0.05) is 12.5 Å². The lowest BCUT2D eigenvalue weighted by Crippen LogP contribution is -2.45. The minimum absolute atomic E-state index is 0.123. The van der Waals surface area contributed by atoms with Crippen LogP contribution in [-0.4, -0.2) is 49.2 Å². The fraction of sp³-hybridized carbons (Fsp3) is 0.324. The lowest BCUT2D eigenvalue weighted by Gasteiger charge is -2.37. The molecule has 0 N–H and O–H groups in total. The summed E-state index contributed by atoms with van der Waals surface area (Å²) in [6, 6.07) is 32.6. The molecule has 2 atom stereocenters. The third kappa shape index (κ3) is 9.33. The predicted molar refractivity (Wildman–Crippen MR) is 172 cm³/mol. The highest BCUT2D eigenvalue weighted by Gasteiger charge is 2.34. The van der Waals surface area contributed by atoms with Gasteiger partial charge in [0.1, 0.15) is 30.3 Å². The number of piperidine rings is 1. The van der Waals surface area contributed by atoms with Gasteiger partial charge in [0.15, 0.2) is 0 Å². The van der Waals surface area contributed by atoms with Crippen molar-refractivity contribution in [2.75, 3.05) is 26.3 Å². The van der Waals surface area contributed by atoms with E-state index in [1.807, 2.05) is 87.5 Å². The normalized spacial score (nSPS) is 17.4. The number of hydroxylamine groups is 2. The number of benzene rings is 4. The molecule has 44 heavy (non-hydrogen) atoms. The summed E-state index contributed by atoms with van der Waals surface area (Å²) >= 11 is 0. The van der Waals surface area contributed by atoms with Gasteiger partial charge in [-0.25, -0.2) is 4.79 Å². The lowest BCUT2D eigenvalue weighted by molar-refractivity contribution is -0.179. The first-order valence-corrected chi connectivity index (χ1v) is 15.1. The Hall–Kier alpha value is -4.33. The Morgan fingerprint density at radius 2 is 1.48 bits per heavy atom. The van der Waals surface area contributed by atoms with Crippen LogP contribution >= 0.6 is 0 Å². The number of para-hydroxylation sites is 1. The lowest BCUT2D eigenvalue weighted by atomic mass is 9.87. The summed E-state index contributed by atoms with van der Waals surface area (Å²) < 4.78 is 23.5. The van der Waals surface area contributed by atoms with E-state index in [4.69, 9.17) is 23.8 Å². The first-order valence-electron chi connectivity index (χ1n) is 15.1. The monoisotopic (exact) mass is 595 g/mol. The zero-order valence-electron chi connectivity index (χ0n) is 25.7. The maximum Gasteiger partial charge on any atom is 0.528 e. The molecule has 0 aliphatic carbocycles. The summed E-state index contributed by atoms with van der Waals surface area (Å²) in [6.07, 6.45) is 3.76. The molecule has 2 unspecified atom stereocenters. The van der Waals surface area contributed by atoms with Gasteiger partial charge in [-0.1, -0.05) is 66.7 Å². The van der Waals surface area contributed by atoms with Gasteiger partial charge >= 0.3 is 6.16 Å². The number of rotatable bonds is 11. The molecule has 1 fully saturated rings. The first-order chi connectivity index (χ1) is 21.3. The fourth-order valence-corrected chi connectivity index (χ4v) is 5.18. The number of carbonyl (C=O) groups is 1. The molecule has 4 aromatic carbocycles. The Morgan fingerprint density at radius 1 is 0.818 bits per heavy atom. The molecule has 230 valence electrons. The SMILES string of the molecule is CC(C)(C)OC(=O)ON1CCC(c2ccc(OC/C=C/COc3ccccc3)cc2)C(OCc2ccc3ccccc3c2)C1. The van der Waals surface area contributed by atoms with Crippen LogP contribution in [0, 0.1) is 0 Å². The van der Waals surface area contributed by atoms with Gasteiger partial charge in [-0.2, -0.15) is 0 Å². The van der Waals surface area contributed by atoms with Gasteiger partial charge in [0.25, 0.3) is 0 Å². The highest BCUT2D eigenvalue weighted by molar-refractivity contribution is 5.82. The number of carbonyl (C=O) groups excluding carboxylic acids is 1. The van der Waals surface area contributed by atoms with Crippen LogP contribution < -0.4 is 9.47 Å². The third-order valence-electron chi connectivity index (χ3n) is 7.30. The Labute approximate surface area is 259 Å². The van der Waals surface area contributed by atoms with Crippen LogP contribution in [0.25, 0.3) is 10.8 Å². The molecule has 0 spiro atoms. The molecule has 4 aromatic rings. The summed E-state index contributed by atoms with van der Waals surface area (Å²) in [5.41, 5.74) is 1.62. The summed E-state index contributed by atoms with van der Waals surface area (Å²) in [5, 5.41) is 4.03. The van der Waals surface area contributed by atoms with E-state index >= 15 is 0 Å². The zero-order valence-corrected chi connectivity index (χ0v) is 25.7. The second-order valence-corrected chi connectivity index (χ2v) is 11.8. The minimum Gasteiger partial charge on any atom is -0.490 e.